The number of hydrogen-bond donors (Lipinski definition) is 1. The first-order valence-corrected chi connectivity index (χ1v) is 9.31. The van der Waals surface area contributed by atoms with Gasteiger partial charge in [-0.1, -0.05) is 11.6 Å². The lowest BCUT2D eigenvalue weighted by molar-refractivity contribution is 1.05. The summed E-state index contributed by atoms with van der Waals surface area (Å²) in [5.74, 6) is 0.436. The molecular formula is C14H9ClN4S3. The van der Waals surface area contributed by atoms with Gasteiger partial charge < -0.3 is 5.73 Å². The number of nitrogens with two attached hydrogens (primary N) is 1. The number of thiazole rings is 1. The third-order valence-electron chi connectivity index (χ3n) is 3.07. The summed E-state index contributed by atoms with van der Waals surface area (Å²) >= 11 is 10.7. The number of imidazole rings is 1. The molecule has 0 radical (unpaired) electrons. The Morgan fingerprint density at radius 3 is 2.73 bits per heavy atom. The molecule has 0 aliphatic rings. The van der Waals surface area contributed by atoms with Crippen LogP contribution in [0.2, 0.25) is 4.34 Å². The third kappa shape index (κ3) is 2.46. The van der Waals surface area contributed by atoms with Gasteiger partial charge in [-0.25, -0.2) is 9.97 Å². The first kappa shape index (κ1) is 14.0. The van der Waals surface area contributed by atoms with E-state index >= 15 is 0 Å². The summed E-state index contributed by atoms with van der Waals surface area (Å²) in [6, 6.07) is 5.87. The maximum atomic E-state index is 6.03. The lowest BCUT2D eigenvalue weighted by Crippen LogP contribution is -1.98. The minimum Gasteiger partial charge on any atom is -0.369 e. The Kier molecular flexibility index (Phi) is 3.50. The Morgan fingerprint density at radius 2 is 2.00 bits per heavy atom. The van der Waals surface area contributed by atoms with Crippen LogP contribution in [0.4, 0.5) is 5.95 Å². The molecule has 0 bridgehead atoms. The van der Waals surface area contributed by atoms with Gasteiger partial charge in [0.25, 0.3) is 0 Å². The molecule has 0 aliphatic carbocycles. The molecule has 0 atom stereocenters. The van der Waals surface area contributed by atoms with E-state index in [2.05, 4.69) is 9.97 Å². The SMILES string of the molecule is Nc1nc(-c2ccsc2)cn1-c1nc(-c2ccc(Cl)s2)cs1. The van der Waals surface area contributed by atoms with E-state index in [9.17, 15) is 0 Å². The molecule has 0 fully saturated rings. The topological polar surface area (TPSA) is 56.7 Å². The van der Waals surface area contributed by atoms with E-state index in [1.807, 2.05) is 45.1 Å². The Bertz CT molecular complexity index is 920. The second kappa shape index (κ2) is 5.51. The van der Waals surface area contributed by atoms with Crippen LogP contribution in [0, 0.1) is 0 Å². The van der Waals surface area contributed by atoms with E-state index in [1.54, 1.807) is 11.3 Å². The second-order valence-electron chi connectivity index (χ2n) is 4.49. The van der Waals surface area contributed by atoms with Crippen molar-refractivity contribution < 1.29 is 0 Å². The standard InChI is InChI=1S/C14H9ClN4S3/c15-12-2-1-11(22-12)10-7-21-14(18-10)19-5-9(17-13(19)16)8-3-4-20-6-8/h1-7H,(H2,16,17). The van der Waals surface area contributed by atoms with Crippen LogP contribution in [0.1, 0.15) is 0 Å². The monoisotopic (exact) mass is 364 g/mol. The number of anilines is 1. The fourth-order valence-corrected chi connectivity index (χ4v) is 4.57. The van der Waals surface area contributed by atoms with E-state index < -0.39 is 0 Å². The first-order chi connectivity index (χ1) is 10.7. The summed E-state index contributed by atoms with van der Waals surface area (Å²) in [5.41, 5.74) is 8.86. The number of halogens is 1. The Balaban J connectivity index is 1.72. The smallest absolute Gasteiger partial charge is 0.207 e. The summed E-state index contributed by atoms with van der Waals surface area (Å²) in [6.45, 7) is 0. The van der Waals surface area contributed by atoms with Crippen molar-refractivity contribution in [3.8, 4) is 27.0 Å². The number of rotatable bonds is 3. The van der Waals surface area contributed by atoms with Gasteiger partial charge in [0.15, 0.2) is 5.13 Å². The van der Waals surface area contributed by atoms with Crippen molar-refractivity contribution >= 4 is 51.6 Å². The van der Waals surface area contributed by atoms with Gasteiger partial charge in [0, 0.05) is 22.5 Å². The number of thiophene rings is 2. The third-order valence-corrected chi connectivity index (χ3v) is 5.85. The van der Waals surface area contributed by atoms with Crippen molar-refractivity contribution in [3.63, 3.8) is 0 Å². The highest BCUT2D eigenvalue weighted by molar-refractivity contribution is 7.19. The lowest BCUT2D eigenvalue weighted by Gasteiger charge is -1.97. The highest BCUT2D eigenvalue weighted by atomic mass is 35.5. The highest BCUT2D eigenvalue weighted by Gasteiger charge is 2.13. The lowest BCUT2D eigenvalue weighted by atomic mass is 10.3. The zero-order valence-corrected chi connectivity index (χ0v) is 14.3. The average Bonchev–Trinajstić information content (AvgIpc) is 3.24. The maximum Gasteiger partial charge on any atom is 0.207 e. The molecule has 4 aromatic heterocycles. The van der Waals surface area contributed by atoms with Crippen LogP contribution in [0.5, 0.6) is 0 Å². The Morgan fingerprint density at radius 1 is 1.09 bits per heavy atom. The zero-order chi connectivity index (χ0) is 15.1. The summed E-state index contributed by atoms with van der Waals surface area (Å²) < 4.78 is 2.57. The summed E-state index contributed by atoms with van der Waals surface area (Å²) in [5, 5.41) is 6.87. The number of nitrogen functional groups attached to an aromatic ring is 1. The summed E-state index contributed by atoms with van der Waals surface area (Å²) in [6.07, 6.45) is 1.92. The molecule has 4 heterocycles. The molecule has 0 saturated heterocycles. The van der Waals surface area contributed by atoms with E-state index in [0.717, 1.165) is 31.3 Å². The van der Waals surface area contributed by atoms with Gasteiger partial charge in [-0.05, 0) is 23.6 Å². The molecular weight excluding hydrogens is 356 g/mol. The Labute approximate surface area is 143 Å². The van der Waals surface area contributed by atoms with Crippen molar-refractivity contribution in [3.05, 3.63) is 44.9 Å². The summed E-state index contributed by atoms with van der Waals surface area (Å²) in [4.78, 5) is 10.1. The van der Waals surface area contributed by atoms with Crippen LogP contribution >= 0.6 is 45.6 Å². The molecule has 0 amide bonds. The van der Waals surface area contributed by atoms with Crippen molar-refractivity contribution in [2.45, 2.75) is 0 Å². The second-order valence-corrected chi connectivity index (χ2v) is 7.82. The number of aromatic nitrogens is 3. The quantitative estimate of drug-likeness (QED) is 0.555. The molecule has 2 N–H and O–H groups in total. The van der Waals surface area contributed by atoms with E-state index in [1.165, 1.54) is 22.7 Å². The predicted octanol–water partition coefficient (Wildman–Crippen LogP) is 5.02. The van der Waals surface area contributed by atoms with Gasteiger partial charge in [0.1, 0.15) is 0 Å². The first-order valence-electron chi connectivity index (χ1n) is 6.30. The molecule has 8 heteroatoms. The molecule has 4 rings (SSSR count). The average molecular weight is 365 g/mol. The van der Waals surface area contributed by atoms with Crippen LogP contribution in [0.25, 0.3) is 27.0 Å². The van der Waals surface area contributed by atoms with Crippen LogP contribution in [-0.2, 0) is 0 Å². The molecule has 0 unspecified atom stereocenters. The van der Waals surface area contributed by atoms with Crippen molar-refractivity contribution in [1.82, 2.24) is 14.5 Å². The molecule has 4 nitrogen and oxygen atoms in total. The van der Waals surface area contributed by atoms with Crippen molar-refractivity contribution in [2.24, 2.45) is 0 Å². The van der Waals surface area contributed by atoms with Gasteiger partial charge >= 0.3 is 0 Å². The minimum absolute atomic E-state index is 0.436. The number of hydrogen-bond acceptors (Lipinski definition) is 6. The normalized spacial score (nSPS) is 11.1. The van der Waals surface area contributed by atoms with E-state index in [4.69, 9.17) is 17.3 Å². The van der Waals surface area contributed by atoms with Gasteiger partial charge in [-0.15, -0.1) is 22.7 Å². The molecule has 22 heavy (non-hydrogen) atoms. The largest absolute Gasteiger partial charge is 0.369 e. The van der Waals surface area contributed by atoms with Crippen molar-refractivity contribution in [1.29, 1.82) is 0 Å². The minimum atomic E-state index is 0.436. The molecule has 0 aliphatic heterocycles. The maximum absolute atomic E-state index is 6.03. The number of nitrogens with zero attached hydrogens (tertiary/aromatic N) is 3. The van der Waals surface area contributed by atoms with Gasteiger partial charge in [-0.3, -0.25) is 4.57 Å². The fourth-order valence-electron chi connectivity index (χ4n) is 2.04. The predicted molar refractivity (Wildman–Crippen MR) is 95.3 cm³/mol. The van der Waals surface area contributed by atoms with E-state index in [-0.39, 0.29) is 0 Å². The summed E-state index contributed by atoms with van der Waals surface area (Å²) in [7, 11) is 0. The molecule has 0 spiro atoms. The van der Waals surface area contributed by atoms with E-state index in [0.29, 0.717) is 5.95 Å². The van der Waals surface area contributed by atoms with Gasteiger partial charge in [-0.2, -0.15) is 11.3 Å². The van der Waals surface area contributed by atoms with Gasteiger partial charge in [0.2, 0.25) is 5.95 Å². The van der Waals surface area contributed by atoms with Crippen LogP contribution in [-0.4, -0.2) is 14.5 Å². The van der Waals surface area contributed by atoms with Crippen LogP contribution in [0.3, 0.4) is 0 Å². The van der Waals surface area contributed by atoms with Crippen LogP contribution in [0.15, 0.2) is 40.5 Å². The molecule has 0 saturated carbocycles. The molecule has 4 aromatic rings. The van der Waals surface area contributed by atoms with Crippen molar-refractivity contribution in [2.75, 3.05) is 5.73 Å². The zero-order valence-electron chi connectivity index (χ0n) is 11.1. The Hall–Kier alpha value is -1.67. The fraction of sp³-hybridized carbons (Fsp3) is 0. The van der Waals surface area contributed by atoms with Gasteiger partial charge in [0.05, 0.1) is 20.6 Å². The molecule has 110 valence electrons. The highest BCUT2D eigenvalue weighted by Crippen LogP contribution is 2.33. The van der Waals surface area contributed by atoms with Crippen LogP contribution < -0.4 is 5.73 Å². The molecule has 0 aromatic carbocycles.